The summed E-state index contributed by atoms with van der Waals surface area (Å²) in [6.45, 7) is 1.50. The average molecular weight is 407 g/mol. The molecule has 7 heteroatoms. The van der Waals surface area contributed by atoms with Crippen LogP contribution in [-0.2, 0) is 19.4 Å². The first-order valence-electron chi connectivity index (χ1n) is 10.3. The Labute approximate surface area is 165 Å². The van der Waals surface area contributed by atoms with Crippen LogP contribution in [0.2, 0.25) is 0 Å². The molecule has 0 bridgehead atoms. The number of aliphatic hydroxyl groups is 1. The van der Waals surface area contributed by atoms with E-state index in [4.69, 9.17) is 4.55 Å². The van der Waals surface area contributed by atoms with E-state index >= 15 is 0 Å². The van der Waals surface area contributed by atoms with Crippen LogP contribution in [0.15, 0.2) is 12.2 Å². The molecule has 0 aromatic carbocycles. The second kappa shape index (κ2) is 17.3. The summed E-state index contributed by atoms with van der Waals surface area (Å²) in [5.41, 5.74) is 0. The van der Waals surface area contributed by atoms with Gasteiger partial charge in [0.25, 0.3) is 0 Å². The minimum Gasteiger partial charge on any atom is -0.383 e. The minimum atomic E-state index is -4.62. The zero-order valence-corrected chi connectivity index (χ0v) is 17.6. The molecule has 0 spiro atoms. The summed E-state index contributed by atoms with van der Waals surface area (Å²) >= 11 is 0. The van der Waals surface area contributed by atoms with E-state index < -0.39 is 28.9 Å². The molecule has 0 aliphatic carbocycles. The molecule has 0 aliphatic heterocycles. The van der Waals surface area contributed by atoms with Crippen LogP contribution in [0.3, 0.4) is 0 Å². The number of Topliss-reactive ketones (excluding diaryl/α,β-unsaturated/α-hetero) is 1. The second-order valence-electron chi connectivity index (χ2n) is 7.03. The number of hydrogen-bond donors (Lipinski definition) is 2. The molecular formula is C20H38O6S. The molecule has 0 aliphatic rings. The topological polar surface area (TPSA) is 101 Å². The van der Waals surface area contributed by atoms with Gasteiger partial charge in [0, 0.05) is 6.42 Å². The molecule has 0 aromatic heterocycles. The van der Waals surface area contributed by atoms with Crippen molar-refractivity contribution >= 4 is 16.2 Å². The quantitative estimate of drug-likeness (QED) is 0.182. The van der Waals surface area contributed by atoms with Crippen molar-refractivity contribution in [3.05, 3.63) is 12.2 Å². The molecule has 6 nitrogen and oxygen atoms in total. The molecule has 0 rings (SSSR count). The number of unbranched alkanes of at least 4 members (excludes halogenated alkanes) is 11. The maximum absolute atomic E-state index is 11.6. The Morgan fingerprint density at radius 2 is 1.37 bits per heavy atom. The van der Waals surface area contributed by atoms with E-state index in [0.29, 0.717) is 6.42 Å². The van der Waals surface area contributed by atoms with E-state index in [1.807, 2.05) is 0 Å². The first-order chi connectivity index (χ1) is 12.9. The second-order valence-corrected chi connectivity index (χ2v) is 8.12. The van der Waals surface area contributed by atoms with Gasteiger partial charge in [0.2, 0.25) is 0 Å². The summed E-state index contributed by atoms with van der Waals surface area (Å²) in [5.74, 6) is -0.462. The highest BCUT2D eigenvalue weighted by molar-refractivity contribution is 7.80. The molecule has 1 unspecified atom stereocenters. The van der Waals surface area contributed by atoms with E-state index in [-0.39, 0.29) is 6.42 Å². The summed E-state index contributed by atoms with van der Waals surface area (Å²) in [6.07, 6.45) is 18.4. The van der Waals surface area contributed by atoms with E-state index in [2.05, 4.69) is 23.3 Å². The molecular weight excluding hydrogens is 368 g/mol. The monoisotopic (exact) mass is 406 g/mol. The summed E-state index contributed by atoms with van der Waals surface area (Å²) in [5, 5.41) is 9.44. The van der Waals surface area contributed by atoms with Gasteiger partial charge >= 0.3 is 10.4 Å². The van der Waals surface area contributed by atoms with Gasteiger partial charge in [-0.05, 0) is 32.1 Å². The number of allylic oxidation sites excluding steroid dienone is 2. The molecule has 0 saturated carbocycles. The van der Waals surface area contributed by atoms with Crippen LogP contribution < -0.4 is 0 Å². The predicted molar refractivity (Wildman–Crippen MR) is 108 cm³/mol. The van der Waals surface area contributed by atoms with Gasteiger partial charge in [-0.3, -0.25) is 9.35 Å². The van der Waals surface area contributed by atoms with Crippen molar-refractivity contribution in [1.82, 2.24) is 0 Å². The third-order valence-electron chi connectivity index (χ3n) is 4.43. The third kappa shape index (κ3) is 19.8. The zero-order valence-electron chi connectivity index (χ0n) is 16.8. The summed E-state index contributed by atoms with van der Waals surface area (Å²) < 4.78 is 33.1. The van der Waals surface area contributed by atoms with E-state index in [0.717, 1.165) is 32.1 Å². The van der Waals surface area contributed by atoms with Gasteiger partial charge in [-0.25, -0.2) is 4.18 Å². The number of carbonyl (C=O) groups is 1. The van der Waals surface area contributed by atoms with Gasteiger partial charge in [-0.2, -0.15) is 8.42 Å². The normalized spacial score (nSPS) is 13.3. The molecule has 2 N–H and O–H groups in total. The van der Waals surface area contributed by atoms with Gasteiger partial charge in [0.05, 0.1) is 0 Å². The molecule has 27 heavy (non-hydrogen) atoms. The fraction of sp³-hybridized carbons (Fsp3) is 0.850. The Balaban J connectivity index is 3.41. The molecule has 0 radical (unpaired) electrons. The van der Waals surface area contributed by atoms with Crippen molar-refractivity contribution in [3.8, 4) is 0 Å². The van der Waals surface area contributed by atoms with Gasteiger partial charge < -0.3 is 5.11 Å². The van der Waals surface area contributed by atoms with Crippen LogP contribution in [0.1, 0.15) is 96.8 Å². The number of rotatable bonds is 19. The maximum atomic E-state index is 11.6. The van der Waals surface area contributed by atoms with Crippen molar-refractivity contribution < 1.29 is 27.1 Å². The van der Waals surface area contributed by atoms with Crippen molar-refractivity contribution in [2.24, 2.45) is 0 Å². The fourth-order valence-electron chi connectivity index (χ4n) is 2.78. The van der Waals surface area contributed by atoms with Crippen LogP contribution in [0.5, 0.6) is 0 Å². The number of hydrogen-bond acceptors (Lipinski definition) is 5. The van der Waals surface area contributed by atoms with Crippen LogP contribution in [-0.4, -0.2) is 36.6 Å². The highest BCUT2D eigenvalue weighted by Crippen LogP contribution is 2.10. The predicted octanol–water partition coefficient (Wildman–Crippen LogP) is 4.77. The standard InChI is InChI=1S/C20H38O6S/c1-2-3-4-5-6-7-8-9-10-11-12-13-14-15-16-17-19(21)20(22)18-26-27(23,24)25/h9-10,20,22H,2-8,11-18H2,1H3,(H,23,24,25)/b10-9-. The Hall–Kier alpha value is -0.760. The van der Waals surface area contributed by atoms with Crippen LogP contribution in [0.4, 0.5) is 0 Å². The molecule has 0 saturated heterocycles. The Morgan fingerprint density at radius 3 is 1.89 bits per heavy atom. The third-order valence-corrected chi connectivity index (χ3v) is 4.87. The highest BCUT2D eigenvalue weighted by atomic mass is 32.3. The van der Waals surface area contributed by atoms with Crippen LogP contribution in [0.25, 0.3) is 0 Å². The van der Waals surface area contributed by atoms with Crippen molar-refractivity contribution in [3.63, 3.8) is 0 Å². The van der Waals surface area contributed by atoms with Crippen LogP contribution in [0, 0.1) is 0 Å². The lowest BCUT2D eigenvalue weighted by molar-refractivity contribution is -0.128. The average Bonchev–Trinajstić information content (AvgIpc) is 2.62. The first kappa shape index (κ1) is 26.2. The molecule has 1 atom stereocenters. The lowest BCUT2D eigenvalue weighted by Crippen LogP contribution is -2.27. The van der Waals surface area contributed by atoms with Crippen LogP contribution >= 0.6 is 0 Å². The smallest absolute Gasteiger partial charge is 0.383 e. The summed E-state index contributed by atoms with van der Waals surface area (Å²) in [4.78, 5) is 11.6. The minimum absolute atomic E-state index is 0.189. The van der Waals surface area contributed by atoms with Gasteiger partial charge in [0.1, 0.15) is 12.7 Å². The molecule has 0 heterocycles. The van der Waals surface area contributed by atoms with E-state index in [1.165, 1.54) is 44.9 Å². The largest absolute Gasteiger partial charge is 0.397 e. The maximum Gasteiger partial charge on any atom is 0.397 e. The molecule has 0 fully saturated rings. The lowest BCUT2D eigenvalue weighted by Gasteiger charge is -2.08. The Bertz CT molecular complexity index is 487. The molecule has 0 amide bonds. The zero-order chi connectivity index (χ0) is 20.4. The molecule has 0 aromatic rings. The Kier molecular flexibility index (Phi) is 16.9. The van der Waals surface area contributed by atoms with Crippen molar-refractivity contribution in [2.45, 2.75) is 103 Å². The van der Waals surface area contributed by atoms with E-state index in [9.17, 15) is 18.3 Å². The lowest BCUT2D eigenvalue weighted by atomic mass is 10.1. The summed E-state index contributed by atoms with van der Waals surface area (Å²) in [7, 11) is -4.62. The number of ketones is 1. The number of aliphatic hydroxyl groups excluding tert-OH is 1. The van der Waals surface area contributed by atoms with Gasteiger partial charge in [-0.15, -0.1) is 0 Å². The Morgan fingerprint density at radius 1 is 0.889 bits per heavy atom. The SMILES string of the molecule is CCCCCCCC/C=C\CCCCCCCC(=O)C(O)COS(=O)(=O)O. The van der Waals surface area contributed by atoms with Gasteiger partial charge in [0.15, 0.2) is 5.78 Å². The van der Waals surface area contributed by atoms with Gasteiger partial charge in [-0.1, -0.05) is 70.4 Å². The fourth-order valence-corrected chi connectivity index (χ4v) is 3.08. The number of carbonyl (C=O) groups excluding carboxylic acids is 1. The summed E-state index contributed by atoms with van der Waals surface area (Å²) in [6, 6.07) is 0. The highest BCUT2D eigenvalue weighted by Gasteiger charge is 2.17. The molecule has 160 valence electrons. The van der Waals surface area contributed by atoms with Crippen molar-refractivity contribution in [1.29, 1.82) is 0 Å². The van der Waals surface area contributed by atoms with E-state index in [1.54, 1.807) is 0 Å². The van der Waals surface area contributed by atoms with Crippen molar-refractivity contribution in [2.75, 3.05) is 6.61 Å². The first-order valence-corrected chi connectivity index (χ1v) is 11.7.